The monoisotopic (exact) mass is 322 g/mol. The zero-order valence-corrected chi connectivity index (χ0v) is 13.6. The summed E-state index contributed by atoms with van der Waals surface area (Å²) < 4.78 is 4.85. The Hall–Kier alpha value is -3.13. The highest BCUT2D eigenvalue weighted by molar-refractivity contribution is 6.09. The van der Waals surface area contributed by atoms with E-state index in [0.717, 1.165) is 0 Å². The van der Waals surface area contributed by atoms with Crippen molar-refractivity contribution >= 4 is 17.6 Å². The normalized spacial score (nSPS) is 11.2. The van der Waals surface area contributed by atoms with Gasteiger partial charge in [0.1, 0.15) is 6.04 Å². The highest BCUT2D eigenvalue weighted by Crippen LogP contribution is 2.22. The third kappa shape index (κ3) is 3.61. The van der Waals surface area contributed by atoms with Crippen LogP contribution in [0.5, 0.6) is 0 Å². The number of ether oxygens (including phenoxy) is 1. The molecule has 2 rings (SSSR count). The number of carbonyl (C=O) groups excluding carboxylic acids is 2. The molecule has 1 atom stereocenters. The third-order valence-corrected chi connectivity index (χ3v) is 3.69. The molecule has 0 fully saturated rings. The number of hydrogen-bond donors (Lipinski definition) is 0. The molecule has 5 nitrogen and oxygen atoms in total. The lowest BCUT2D eigenvalue weighted by atomic mass is 10.1. The molecule has 0 bridgehead atoms. The molecule has 0 saturated heterocycles. The zero-order valence-electron chi connectivity index (χ0n) is 13.6. The van der Waals surface area contributed by atoms with E-state index in [4.69, 9.17) is 10.00 Å². The number of rotatable bonds is 5. The summed E-state index contributed by atoms with van der Waals surface area (Å²) in [7, 11) is 1.31. The zero-order chi connectivity index (χ0) is 17.5. The van der Waals surface area contributed by atoms with Gasteiger partial charge in [0.05, 0.1) is 18.7 Å². The van der Waals surface area contributed by atoms with Crippen LogP contribution in [0.15, 0.2) is 54.6 Å². The van der Waals surface area contributed by atoms with Crippen LogP contribution in [0, 0.1) is 11.3 Å². The van der Waals surface area contributed by atoms with Crippen LogP contribution >= 0.6 is 0 Å². The van der Waals surface area contributed by atoms with Gasteiger partial charge < -0.3 is 4.74 Å². The second-order valence-electron chi connectivity index (χ2n) is 5.15. The first-order valence-corrected chi connectivity index (χ1v) is 7.59. The first-order valence-electron chi connectivity index (χ1n) is 7.59. The summed E-state index contributed by atoms with van der Waals surface area (Å²) >= 11 is 0. The molecule has 2 aromatic rings. The molecule has 0 radical (unpaired) electrons. The molecule has 2 aromatic carbocycles. The lowest BCUT2D eigenvalue weighted by molar-refractivity contribution is -0.142. The molecular formula is C19H18N2O3. The second-order valence-corrected chi connectivity index (χ2v) is 5.15. The average molecular weight is 322 g/mol. The Morgan fingerprint density at radius 1 is 1.12 bits per heavy atom. The molecule has 24 heavy (non-hydrogen) atoms. The summed E-state index contributed by atoms with van der Waals surface area (Å²) in [5.74, 6) is -0.786. The van der Waals surface area contributed by atoms with E-state index < -0.39 is 12.0 Å². The average Bonchev–Trinajstić information content (AvgIpc) is 2.65. The van der Waals surface area contributed by atoms with E-state index in [9.17, 15) is 9.59 Å². The summed E-state index contributed by atoms with van der Waals surface area (Å²) in [6.45, 7) is 1.82. The maximum absolute atomic E-state index is 13.0. The predicted octanol–water partition coefficient (Wildman–Crippen LogP) is 3.16. The molecule has 0 aliphatic carbocycles. The van der Waals surface area contributed by atoms with Gasteiger partial charge in [0.15, 0.2) is 0 Å². The summed E-state index contributed by atoms with van der Waals surface area (Å²) in [6.07, 6.45) is 0.420. The fraction of sp³-hybridized carbons (Fsp3) is 0.211. The summed E-state index contributed by atoms with van der Waals surface area (Å²) in [4.78, 5) is 26.6. The van der Waals surface area contributed by atoms with Crippen molar-refractivity contribution in [2.24, 2.45) is 0 Å². The molecule has 1 amide bonds. The van der Waals surface area contributed by atoms with Crippen LogP contribution in [0.25, 0.3) is 0 Å². The number of nitriles is 1. The third-order valence-electron chi connectivity index (χ3n) is 3.69. The van der Waals surface area contributed by atoms with Crippen molar-refractivity contribution in [1.82, 2.24) is 0 Å². The van der Waals surface area contributed by atoms with Crippen molar-refractivity contribution in [3.63, 3.8) is 0 Å². The number of methoxy groups -OCH3 is 1. The molecule has 0 aromatic heterocycles. The van der Waals surface area contributed by atoms with E-state index in [-0.39, 0.29) is 5.91 Å². The minimum absolute atomic E-state index is 0.317. The maximum Gasteiger partial charge on any atom is 0.328 e. The quantitative estimate of drug-likeness (QED) is 0.793. The second kappa shape index (κ2) is 7.93. The van der Waals surface area contributed by atoms with Gasteiger partial charge in [-0.05, 0) is 42.8 Å². The molecule has 0 N–H and O–H groups in total. The number of nitrogens with zero attached hydrogens (tertiary/aromatic N) is 2. The number of carbonyl (C=O) groups is 2. The molecule has 5 heteroatoms. The Balaban J connectivity index is 2.46. The Morgan fingerprint density at radius 2 is 1.75 bits per heavy atom. The fourth-order valence-corrected chi connectivity index (χ4v) is 2.44. The van der Waals surface area contributed by atoms with E-state index in [2.05, 4.69) is 0 Å². The van der Waals surface area contributed by atoms with E-state index in [1.807, 2.05) is 19.1 Å². The van der Waals surface area contributed by atoms with Crippen LogP contribution < -0.4 is 4.90 Å². The molecule has 0 heterocycles. The largest absolute Gasteiger partial charge is 0.467 e. The lowest BCUT2D eigenvalue weighted by Crippen LogP contribution is -2.45. The van der Waals surface area contributed by atoms with Crippen molar-refractivity contribution in [2.75, 3.05) is 12.0 Å². The minimum atomic E-state index is -0.722. The predicted molar refractivity (Wildman–Crippen MR) is 90.5 cm³/mol. The van der Waals surface area contributed by atoms with Gasteiger partial charge in [-0.2, -0.15) is 5.26 Å². The van der Waals surface area contributed by atoms with Crippen molar-refractivity contribution in [1.29, 1.82) is 5.26 Å². The number of esters is 1. The first kappa shape index (κ1) is 17.2. The van der Waals surface area contributed by atoms with Crippen molar-refractivity contribution in [3.8, 4) is 6.07 Å². The lowest BCUT2D eigenvalue weighted by Gasteiger charge is -2.29. The Morgan fingerprint density at radius 3 is 2.25 bits per heavy atom. The summed E-state index contributed by atoms with van der Waals surface area (Å²) in [5, 5.41) is 8.88. The fourth-order valence-electron chi connectivity index (χ4n) is 2.44. The van der Waals surface area contributed by atoms with Gasteiger partial charge in [-0.25, -0.2) is 4.79 Å². The molecular weight excluding hydrogens is 304 g/mol. The molecule has 0 spiro atoms. The number of anilines is 1. The van der Waals surface area contributed by atoms with Crippen molar-refractivity contribution < 1.29 is 14.3 Å². The standard InChI is InChI=1S/C19H18N2O3/c1-3-17(19(23)24-2)21(16-7-5-4-6-8-16)18(22)15-11-9-14(13-20)10-12-15/h4-12,17H,3H2,1-2H3/t17-/m1/s1. The van der Waals surface area contributed by atoms with Gasteiger partial charge in [-0.15, -0.1) is 0 Å². The number of benzene rings is 2. The number of amides is 1. The van der Waals surface area contributed by atoms with Gasteiger partial charge in [-0.1, -0.05) is 25.1 Å². The van der Waals surface area contributed by atoms with Crippen LogP contribution in [-0.2, 0) is 9.53 Å². The highest BCUT2D eigenvalue weighted by Gasteiger charge is 2.31. The molecule has 0 saturated carbocycles. The van der Waals surface area contributed by atoms with Crippen molar-refractivity contribution in [2.45, 2.75) is 19.4 Å². The van der Waals surface area contributed by atoms with E-state index in [1.165, 1.54) is 12.0 Å². The first-order chi connectivity index (χ1) is 11.6. The molecule has 0 unspecified atom stereocenters. The van der Waals surface area contributed by atoms with Gasteiger partial charge >= 0.3 is 5.97 Å². The minimum Gasteiger partial charge on any atom is -0.467 e. The summed E-state index contributed by atoms with van der Waals surface area (Å²) in [6, 6.07) is 16.6. The van der Waals surface area contributed by atoms with Crippen LogP contribution in [0.2, 0.25) is 0 Å². The van der Waals surface area contributed by atoms with Crippen LogP contribution in [0.3, 0.4) is 0 Å². The van der Waals surface area contributed by atoms with Gasteiger partial charge in [0.2, 0.25) is 0 Å². The molecule has 0 aliphatic rings. The molecule has 0 aliphatic heterocycles. The van der Waals surface area contributed by atoms with E-state index >= 15 is 0 Å². The smallest absolute Gasteiger partial charge is 0.328 e. The van der Waals surface area contributed by atoms with Crippen LogP contribution in [-0.4, -0.2) is 25.0 Å². The van der Waals surface area contributed by atoms with Gasteiger partial charge in [0, 0.05) is 11.3 Å². The van der Waals surface area contributed by atoms with E-state index in [0.29, 0.717) is 23.2 Å². The Bertz CT molecular complexity index is 748. The van der Waals surface area contributed by atoms with Crippen molar-refractivity contribution in [3.05, 3.63) is 65.7 Å². The highest BCUT2D eigenvalue weighted by atomic mass is 16.5. The Kier molecular flexibility index (Phi) is 5.69. The Labute approximate surface area is 141 Å². The van der Waals surface area contributed by atoms with E-state index in [1.54, 1.807) is 48.5 Å². The van der Waals surface area contributed by atoms with Crippen LogP contribution in [0.1, 0.15) is 29.3 Å². The topological polar surface area (TPSA) is 70.4 Å². The number of para-hydroxylation sites is 1. The summed E-state index contributed by atoms with van der Waals surface area (Å²) in [5.41, 5.74) is 1.49. The van der Waals surface area contributed by atoms with Crippen LogP contribution in [0.4, 0.5) is 5.69 Å². The van der Waals surface area contributed by atoms with Gasteiger partial charge in [0.25, 0.3) is 5.91 Å². The number of hydrogen-bond acceptors (Lipinski definition) is 4. The maximum atomic E-state index is 13.0. The molecule has 122 valence electrons. The SMILES string of the molecule is CC[C@H](C(=O)OC)N(C(=O)c1ccc(C#N)cc1)c1ccccc1. The van der Waals surface area contributed by atoms with Gasteiger partial charge in [-0.3, -0.25) is 9.69 Å².